The predicted octanol–water partition coefficient (Wildman–Crippen LogP) is 1.13. The summed E-state index contributed by atoms with van der Waals surface area (Å²) < 4.78 is 1.69. The second kappa shape index (κ2) is 7.45. The first-order valence-electron chi connectivity index (χ1n) is 6.50. The van der Waals surface area contributed by atoms with Gasteiger partial charge in [0, 0.05) is 36.7 Å². The molecular formula is C13H22N2O3S. The van der Waals surface area contributed by atoms with Crippen LogP contribution in [0.3, 0.4) is 0 Å². The molecule has 1 aromatic rings. The number of hydrogen-bond donors (Lipinski definition) is 2. The van der Waals surface area contributed by atoms with Gasteiger partial charge in [0.15, 0.2) is 0 Å². The van der Waals surface area contributed by atoms with Gasteiger partial charge < -0.3 is 15.0 Å². The van der Waals surface area contributed by atoms with Gasteiger partial charge in [-0.15, -0.1) is 0 Å². The van der Waals surface area contributed by atoms with E-state index in [0.29, 0.717) is 19.4 Å². The second-order valence-corrected chi connectivity index (χ2v) is 5.73. The summed E-state index contributed by atoms with van der Waals surface area (Å²) in [6, 6.07) is -0.0388. The number of hydrogen-bond acceptors (Lipinski definition) is 4. The van der Waals surface area contributed by atoms with Crippen LogP contribution in [0.4, 0.5) is 0 Å². The second-order valence-electron chi connectivity index (χ2n) is 4.91. The fourth-order valence-electron chi connectivity index (χ4n) is 1.70. The Balaban J connectivity index is 2.34. The van der Waals surface area contributed by atoms with Crippen molar-refractivity contribution in [3.05, 3.63) is 20.7 Å². The monoisotopic (exact) mass is 286 g/mol. The molecule has 0 saturated carbocycles. The van der Waals surface area contributed by atoms with Gasteiger partial charge in [-0.3, -0.25) is 9.59 Å². The van der Waals surface area contributed by atoms with Gasteiger partial charge >= 0.3 is 4.87 Å². The van der Waals surface area contributed by atoms with Gasteiger partial charge in [0.2, 0.25) is 5.91 Å². The summed E-state index contributed by atoms with van der Waals surface area (Å²) in [7, 11) is 0. The van der Waals surface area contributed by atoms with Gasteiger partial charge in [-0.1, -0.05) is 18.3 Å². The minimum Gasteiger partial charge on any atom is -0.396 e. The van der Waals surface area contributed by atoms with E-state index in [0.717, 1.165) is 5.69 Å². The zero-order chi connectivity index (χ0) is 14.4. The third-order valence-electron chi connectivity index (χ3n) is 3.29. The zero-order valence-corrected chi connectivity index (χ0v) is 12.5. The van der Waals surface area contributed by atoms with E-state index >= 15 is 0 Å². The lowest BCUT2D eigenvalue weighted by Crippen LogP contribution is -2.38. The highest BCUT2D eigenvalue weighted by Crippen LogP contribution is 2.04. The van der Waals surface area contributed by atoms with Crippen LogP contribution >= 0.6 is 11.3 Å². The van der Waals surface area contributed by atoms with E-state index < -0.39 is 0 Å². The van der Waals surface area contributed by atoms with Crippen molar-refractivity contribution in [2.24, 2.45) is 5.92 Å². The number of rotatable bonds is 7. The molecule has 0 saturated heterocycles. The molecule has 1 rings (SSSR count). The highest BCUT2D eigenvalue weighted by atomic mass is 32.1. The Morgan fingerprint density at radius 3 is 2.74 bits per heavy atom. The molecule has 19 heavy (non-hydrogen) atoms. The van der Waals surface area contributed by atoms with Crippen LogP contribution in [0, 0.1) is 12.8 Å². The summed E-state index contributed by atoms with van der Waals surface area (Å²) in [4.78, 5) is 23.2. The summed E-state index contributed by atoms with van der Waals surface area (Å²) in [6.07, 6.45) is 1.04. The van der Waals surface area contributed by atoms with Gasteiger partial charge in [0.25, 0.3) is 0 Å². The van der Waals surface area contributed by atoms with Gasteiger partial charge in [0.1, 0.15) is 0 Å². The molecule has 0 aromatic carbocycles. The molecule has 0 aliphatic carbocycles. The van der Waals surface area contributed by atoms with Gasteiger partial charge in [-0.05, 0) is 26.2 Å². The summed E-state index contributed by atoms with van der Waals surface area (Å²) in [6.45, 7) is 6.30. The third kappa shape index (κ3) is 4.80. The number of aryl methyl sites for hydroxylation is 1. The smallest absolute Gasteiger partial charge is 0.307 e. The Morgan fingerprint density at radius 1 is 1.53 bits per heavy atom. The first-order chi connectivity index (χ1) is 8.95. The Kier molecular flexibility index (Phi) is 6.24. The average molecular weight is 286 g/mol. The summed E-state index contributed by atoms with van der Waals surface area (Å²) in [5, 5.41) is 13.7. The van der Waals surface area contributed by atoms with E-state index in [4.69, 9.17) is 5.11 Å². The van der Waals surface area contributed by atoms with Crippen LogP contribution in [-0.2, 0) is 11.3 Å². The predicted molar refractivity (Wildman–Crippen MR) is 76.4 cm³/mol. The molecule has 0 aliphatic heterocycles. The van der Waals surface area contributed by atoms with Crippen molar-refractivity contribution in [1.82, 2.24) is 9.88 Å². The quantitative estimate of drug-likeness (QED) is 0.789. The number of amides is 1. The molecule has 2 N–H and O–H groups in total. The first-order valence-corrected chi connectivity index (χ1v) is 7.38. The van der Waals surface area contributed by atoms with Crippen LogP contribution < -0.4 is 10.2 Å². The van der Waals surface area contributed by atoms with Crippen LogP contribution in [0.1, 0.15) is 32.4 Å². The van der Waals surface area contributed by atoms with Crippen molar-refractivity contribution in [3.63, 3.8) is 0 Å². The Hall–Kier alpha value is -1.14. The maximum Gasteiger partial charge on any atom is 0.307 e. The number of aliphatic hydroxyl groups is 1. The zero-order valence-electron chi connectivity index (χ0n) is 11.7. The fraction of sp³-hybridized carbons (Fsp3) is 0.692. The lowest BCUT2D eigenvalue weighted by Gasteiger charge is -2.19. The molecular weight excluding hydrogens is 264 g/mol. The highest BCUT2D eigenvalue weighted by molar-refractivity contribution is 7.07. The number of nitrogens with zero attached hydrogens (tertiary/aromatic N) is 1. The Labute approximate surface area is 117 Å². The molecule has 2 unspecified atom stereocenters. The minimum absolute atomic E-state index is 0.0279. The van der Waals surface area contributed by atoms with E-state index in [1.807, 2.05) is 26.2 Å². The number of aromatic nitrogens is 1. The number of thiazole rings is 1. The number of carbonyl (C=O) groups is 1. The summed E-state index contributed by atoms with van der Waals surface area (Å²) in [5.41, 5.74) is 0.942. The van der Waals surface area contributed by atoms with E-state index in [1.165, 1.54) is 11.3 Å². The third-order valence-corrected chi connectivity index (χ3v) is 4.17. The number of carbonyl (C=O) groups excluding carboxylic acids is 1. The standard InChI is InChI=1S/C13H22N2O3S/c1-9(7-16)11(3)14-12(17)5-4-6-15-10(2)8-19-13(15)18/h8-9,11,16H,4-7H2,1-3H3,(H,14,17). The van der Waals surface area contributed by atoms with Crippen molar-refractivity contribution < 1.29 is 9.90 Å². The molecule has 0 radical (unpaired) electrons. The van der Waals surface area contributed by atoms with Crippen molar-refractivity contribution >= 4 is 17.2 Å². The highest BCUT2D eigenvalue weighted by Gasteiger charge is 2.13. The SMILES string of the molecule is Cc1csc(=O)n1CCCC(=O)NC(C)C(C)CO. The van der Waals surface area contributed by atoms with E-state index in [-0.39, 0.29) is 29.3 Å². The first kappa shape index (κ1) is 15.9. The maximum absolute atomic E-state index is 11.7. The van der Waals surface area contributed by atoms with Gasteiger partial charge in [0.05, 0.1) is 0 Å². The fourth-order valence-corrected chi connectivity index (χ4v) is 2.46. The van der Waals surface area contributed by atoms with Crippen LogP contribution in [0.15, 0.2) is 10.2 Å². The lowest BCUT2D eigenvalue weighted by atomic mass is 10.1. The summed E-state index contributed by atoms with van der Waals surface area (Å²) in [5.74, 6) is 0.0134. The lowest BCUT2D eigenvalue weighted by molar-refractivity contribution is -0.122. The molecule has 0 bridgehead atoms. The molecule has 2 atom stereocenters. The number of aliphatic hydroxyl groups excluding tert-OH is 1. The summed E-state index contributed by atoms with van der Waals surface area (Å²) >= 11 is 1.19. The molecule has 1 amide bonds. The normalized spacial score (nSPS) is 14.1. The molecule has 5 nitrogen and oxygen atoms in total. The van der Waals surface area contributed by atoms with E-state index in [2.05, 4.69) is 5.32 Å². The van der Waals surface area contributed by atoms with Gasteiger partial charge in [-0.25, -0.2) is 0 Å². The molecule has 108 valence electrons. The van der Waals surface area contributed by atoms with Crippen LogP contribution in [-0.4, -0.2) is 28.2 Å². The maximum atomic E-state index is 11.7. The van der Waals surface area contributed by atoms with E-state index in [1.54, 1.807) is 4.57 Å². The van der Waals surface area contributed by atoms with Crippen LogP contribution in [0.5, 0.6) is 0 Å². The Morgan fingerprint density at radius 2 is 2.21 bits per heavy atom. The molecule has 6 heteroatoms. The van der Waals surface area contributed by atoms with Crippen LogP contribution in [0.25, 0.3) is 0 Å². The molecule has 0 spiro atoms. The van der Waals surface area contributed by atoms with Crippen molar-refractivity contribution in [3.8, 4) is 0 Å². The average Bonchev–Trinajstić information content (AvgIpc) is 2.69. The molecule has 0 aliphatic rings. The largest absolute Gasteiger partial charge is 0.396 e. The Bertz CT molecular complexity index is 467. The minimum atomic E-state index is -0.0388. The van der Waals surface area contributed by atoms with E-state index in [9.17, 15) is 9.59 Å². The number of nitrogens with one attached hydrogen (secondary N) is 1. The topological polar surface area (TPSA) is 71.3 Å². The van der Waals surface area contributed by atoms with Crippen LogP contribution in [0.2, 0.25) is 0 Å². The van der Waals surface area contributed by atoms with Crippen molar-refractivity contribution in [2.75, 3.05) is 6.61 Å². The van der Waals surface area contributed by atoms with Gasteiger partial charge in [-0.2, -0.15) is 0 Å². The van der Waals surface area contributed by atoms with Crippen molar-refractivity contribution in [2.45, 2.75) is 46.2 Å². The molecule has 1 aromatic heterocycles. The molecule has 1 heterocycles. The molecule has 0 fully saturated rings. The van der Waals surface area contributed by atoms with Crippen molar-refractivity contribution in [1.29, 1.82) is 0 Å².